The van der Waals surface area contributed by atoms with Crippen molar-refractivity contribution in [3.8, 4) is 0 Å². The molecule has 1 aromatic rings. The Hall–Kier alpha value is -1.55. The highest BCUT2D eigenvalue weighted by Crippen LogP contribution is 2.16. The molecule has 17 heavy (non-hydrogen) atoms. The van der Waals surface area contributed by atoms with Crippen molar-refractivity contribution < 1.29 is 14.3 Å². The molecule has 0 aromatic heterocycles. The highest BCUT2D eigenvalue weighted by molar-refractivity contribution is 6.30. The van der Waals surface area contributed by atoms with Crippen LogP contribution < -0.4 is 5.32 Å². The molecule has 5 heteroatoms. The Kier molecular flexibility index (Phi) is 4.12. The van der Waals surface area contributed by atoms with E-state index in [9.17, 15) is 9.59 Å². The number of rotatable bonds is 3. The standard InChI is InChI=1S/C12H14ClNO3/c1-8(15)12(2,3)17-11(16)14-10-6-4-9(13)5-7-10/h4-7H,1-3H3,(H,14,16). The number of ketones is 1. The fraction of sp³-hybridized carbons (Fsp3) is 0.333. The van der Waals surface area contributed by atoms with E-state index >= 15 is 0 Å². The molecule has 0 unspecified atom stereocenters. The normalized spacial score (nSPS) is 10.8. The van der Waals surface area contributed by atoms with Crippen molar-refractivity contribution >= 4 is 29.2 Å². The van der Waals surface area contributed by atoms with Crippen molar-refractivity contribution in [2.75, 3.05) is 5.32 Å². The lowest BCUT2D eigenvalue weighted by atomic mass is 10.1. The predicted octanol–water partition coefficient (Wildman–Crippen LogP) is 3.26. The number of hydrogen-bond donors (Lipinski definition) is 1. The molecular formula is C12H14ClNO3. The van der Waals surface area contributed by atoms with Gasteiger partial charge in [0, 0.05) is 10.7 Å². The van der Waals surface area contributed by atoms with E-state index in [0.29, 0.717) is 10.7 Å². The van der Waals surface area contributed by atoms with Crippen molar-refractivity contribution in [2.45, 2.75) is 26.4 Å². The summed E-state index contributed by atoms with van der Waals surface area (Å²) in [5, 5.41) is 3.08. The van der Waals surface area contributed by atoms with Crippen molar-refractivity contribution in [3.05, 3.63) is 29.3 Å². The molecule has 4 nitrogen and oxygen atoms in total. The maximum absolute atomic E-state index is 11.5. The van der Waals surface area contributed by atoms with Gasteiger partial charge in [0.25, 0.3) is 0 Å². The molecular weight excluding hydrogens is 242 g/mol. The van der Waals surface area contributed by atoms with Gasteiger partial charge in [0.05, 0.1) is 0 Å². The zero-order valence-electron chi connectivity index (χ0n) is 9.91. The molecule has 0 heterocycles. The van der Waals surface area contributed by atoms with E-state index in [4.69, 9.17) is 16.3 Å². The molecule has 1 rings (SSSR count). The van der Waals surface area contributed by atoms with E-state index in [1.165, 1.54) is 20.8 Å². The van der Waals surface area contributed by atoms with E-state index in [0.717, 1.165) is 0 Å². The molecule has 0 aliphatic rings. The molecule has 0 aliphatic heterocycles. The second kappa shape index (κ2) is 5.19. The third-order valence-corrected chi connectivity index (χ3v) is 2.54. The van der Waals surface area contributed by atoms with Crippen LogP contribution >= 0.6 is 11.6 Å². The maximum atomic E-state index is 11.5. The van der Waals surface area contributed by atoms with Crippen molar-refractivity contribution in [1.82, 2.24) is 0 Å². The van der Waals surface area contributed by atoms with Gasteiger partial charge in [-0.25, -0.2) is 4.79 Å². The van der Waals surface area contributed by atoms with Crippen LogP contribution in [0.2, 0.25) is 5.02 Å². The van der Waals surface area contributed by atoms with Gasteiger partial charge in [0.15, 0.2) is 11.4 Å². The number of benzene rings is 1. The molecule has 0 spiro atoms. The minimum absolute atomic E-state index is 0.219. The topological polar surface area (TPSA) is 55.4 Å². The fourth-order valence-corrected chi connectivity index (χ4v) is 1.11. The summed E-state index contributed by atoms with van der Waals surface area (Å²) in [6.45, 7) is 4.45. The second-order valence-corrected chi connectivity index (χ2v) is 4.52. The minimum atomic E-state index is -1.13. The lowest BCUT2D eigenvalue weighted by Gasteiger charge is -2.21. The SMILES string of the molecule is CC(=O)C(C)(C)OC(=O)Nc1ccc(Cl)cc1. The van der Waals surface area contributed by atoms with Crippen LogP contribution in [0, 0.1) is 0 Å². The molecule has 0 atom stereocenters. The third-order valence-electron chi connectivity index (χ3n) is 2.29. The summed E-state index contributed by atoms with van der Waals surface area (Å²) in [5.41, 5.74) is -0.574. The molecule has 1 N–H and O–H groups in total. The summed E-state index contributed by atoms with van der Waals surface area (Å²) < 4.78 is 5.00. The third kappa shape index (κ3) is 4.07. The van der Waals surface area contributed by atoms with Crippen LogP contribution in [0.25, 0.3) is 0 Å². The van der Waals surface area contributed by atoms with Crippen LogP contribution in [0.4, 0.5) is 10.5 Å². The fourth-order valence-electron chi connectivity index (χ4n) is 0.980. The number of carbonyl (C=O) groups is 2. The van der Waals surface area contributed by atoms with E-state index < -0.39 is 11.7 Å². The van der Waals surface area contributed by atoms with Crippen LogP contribution in [-0.2, 0) is 9.53 Å². The monoisotopic (exact) mass is 255 g/mol. The Morgan fingerprint density at radius 1 is 1.24 bits per heavy atom. The smallest absolute Gasteiger partial charge is 0.412 e. The summed E-state index contributed by atoms with van der Waals surface area (Å²) in [5.74, 6) is -0.219. The van der Waals surface area contributed by atoms with E-state index in [-0.39, 0.29) is 5.78 Å². The zero-order chi connectivity index (χ0) is 13.1. The Morgan fingerprint density at radius 3 is 2.24 bits per heavy atom. The van der Waals surface area contributed by atoms with Crippen LogP contribution in [0.1, 0.15) is 20.8 Å². The number of carbonyl (C=O) groups excluding carboxylic acids is 2. The Balaban J connectivity index is 2.62. The Labute approximate surface area is 105 Å². The van der Waals surface area contributed by atoms with Crippen molar-refractivity contribution in [2.24, 2.45) is 0 Å². The minimum Gasteiger partial charge on any atom is -0.435 e. The summed E-state index contributed by atoms with van der Waals surface area (Å²) in [4.78, 5) is 22.7. The van der Waals surface area contributed by atoms with Gasteiger partial charge < -0.3 is 4.74 Å². The molecule has 1 aromatic carbocycles. The second-order valence-electron chi connectivity index (χ2n) is 4.09. The van der Waals surface area contributed by atoms with Crippen LogP contribution in [-0.4, -0.2) is 17.5 Å². The molecule has 92 valence electrons. The van der Waals surface area contributed by atoms with Crippen LogP contribution in [0.3, 0.4) is 0 Å². The van der Waals surface area contributed by atoms with Crippen molar-refractivity contribution in [1.29, 1.82) is 0 Å². The maximum Gasteiger partial charge on any atom is 0.412 e. The molecule has 0 radical (unpaired) electrons. The molecule has 0 fully saturated rings. The number of nitrogens with one attached hydrogen (secondary N) is 1. The largest absolute Gasteiger partial charge is 0.435 e. The molecule has 1 amide bonds. The quantitative estimate of drug-likeness (QED) is 0.902. The zero-order valence-corrected chi connectivity index (χ0v) is 10.7. The van der Waals surface area contributed by atoms with Gasteiger partial charge >= 0.3 is 6.09 Å². The highest BCUT2D eigenvalue weighted by Gasteiger charge is 2.28. The summed E-state index contributed by atoms with van der Waals surface area (Å²) >= 11 is 5.71. The summed E-state index contributed by atoms with van der Waals surface area (Å²) in [6.07, 6.45) is -0.674. The van der Waals surface area contributed by atoms with Gasteiger partial charge in [-0.15, -0.1) is 0 Å². The number of anilines is 1. The Morgan fingerprint density at radius 2 is 1.76 bits per heavy atom. The molecule has 0 saturated heterocycles. The first-order valence-electron chi connectivity index (χ1n) is 5.08. The lowest BCUT2D eigenvalue weighted by Crippen LogP contribution is -2.37. The van der Waals surface area contributed by atoms with Gasteiger partial charge in [-0.3, -0.25) is 10.1 Å². The van der Waals surface area contributed by atoms with E-state index in [2.05, 4.69) is 5.32 Å². The number of amides is 1. The summed E-state index contributed by atoms with van der Waals surface area (Å²) in [7, 11) is 0. The number of hydrogen-bond acceptors (Lipinski definition) is 3. The molecule has 0 saturated carbocycles. The van der Waals surface area contributed by atoms with Gasteiger partial charge in [-0.2, -0.15) is 0 Å². The van der Waals surface area contributed by atoms with Crippen LogP contribution in [0.15, 0.2) is 24.3 Å². The van der Waals surface area contributed by atoms with Crippen LogP contribution in [0.5, 0.6) is 0 Å². The molecule has 0 aliphatic carbocycles. The van der Waals surface area contributed by atoms with E-state index in [1.807, 2.05) is 0 Å². The number of ether oxygens (including phenoxy) is 1. The first kappa shape index (κ1) is 13.5. The molecule has 0 bridgehead atoms. The lowest BCUT2D eigenvalue weighted by molar-refractivity contribution is -0.131. The van der Waals surface area contributed by atoms with Gasteiger partial charge in [-0.05, 0) is 45.0 Å². The highest BCUT2D eigenvalue weighted by atomic mass is 35.5. The average molecular weight is 256 g/mol. The van der Waals surface area contributed by atoms with Gasteiger partial charge in [0.2, 0.25) is 0 Å². The van der Waals surface area contributed by atoms with E-state index in [1.54, 1.807) is 24.3 Å². The first-order valence-corrected chi connectivity index (χ1v) is 5.45. The Bertz CT molecular complexity index is 426. The number of Topliss-reactive ketones (excluding diaryl/α,β-unsaturated/α-hetero) is 1. The summed E-state index contributed by atoms with van der Waals surface area (Å²) in [6, 6.07) is 6.58. The first-order chi connectivity index (χ1) is 7.81. The van der Waals surface area contributed by atoms with Crippen molar-refractivity contribution in [3.63, 3.8) is 0 Å². The number of halogens is 1. The average Bonchev–Trinajstić information content (AvgIpc) is 2.20. The van der Waals surface area contributed by atoms with Gasteiger partial charge in [-0.1, -0.05) is 11.6 Å². The van der Waals surface area contributed by atoms with Gasteiger partial charge in [0.1, 0.15) is 0 Å². The predicted molar refractivity (Wildman–Crippen MR) is 66.3 cm³/mol.